The SMILES string of the molecule is CCn1nc(C)cc1Nc1nc2cc(C(N)=O)cc(OCCCOc3cc(C(N)=O)cc([N+](=O)[O-])c3Cl)c2n1C/C=C/CN. The fourth-order valence-corrected chi connectivity index (χ4v) is 4.65. The molecule has 0 saturated heterocycles. The van der Waals surface area contributed by atoms with E-state index < -0.39 is 22.4 Å². The molecule has 2 amide bonds. The van der Waals surface area contributed by atoms with Crippen molar-refractivity contribution >= 4 is 51.9 Å². The van der Waals surface area contributed by atoms with Crippen LogP contribution in [0.5, 0.6) is 11.5 Å². The summed E-state index contributed by atoms with van der Waals surface area (Å²) < 4.78 is 15.4. The number of anilines is 2. The zero-order valence-corrected chi connectivity index (χ0v) is 24.8. The van der Waals surface area contributed by atoms with Crippen molar-refractivity contribution in [2.45, 2.75) is 33.4 Å². The number of fused-ring (bicyclic) bond motifs is 1. The van der Waals surface area contributed by atoms with Gasteiger partial charge in [-0.2, -0.15) is 5.10 Å². The summed E-state index contributed by atoms with van der Waals surface area (Å²) in [4.78, 5) is 39.1. The number of ether oxygens (including phenoxy) is 2. The van der Waals surface area contributed by atoms with E-state index >= 15 is 0 Å². The van der Waals surface area contributed by atoms with Crippen molar-refractivity contribution in [1.82, 2.24) is 19.3 Å². The van der Waals surface area contributed by atoms with Crippen LogP contribution in [0.25, 0.3) is 11.0 Å². The number of rotatable bonds is 15. The summed E-state index contributed by atoms with van der Waals surface area (Å²) in [5.41, 5.74) is 18.1. The Hall–Kier alpha value is -5.15. The van der Waals surface area contributed by atoms with E-state index in [4.69, 9.17) is 43.3 Å². The molecule has 0 aliphatic carbocycles. The van der Waals surface area contributed by atoms with E-state index in [1.54, 1.807) is 10.7 Å². The molecule has 16 heteroatoms. The molecule has 2 aromatic carbocycles. The lowest BCUT2D eigenvalue weighted by atomic mass is 10.1. The van der Waals surface area contributed by atoms with Gasteiger partial charge in [-0.05, 0) is 32.0 Å². The van der Waals surface area contributed by atoms with Gasteiger partial charge in [-0.15, -0.1) is 0 Å². The number of nitro groups is 1. The second kappa shape index (κ2) is 13.9. The van der Waals surface area contributed by atoms with Gasteiger partial charge in [0.2, 0.25) is 17.8 Å². The predicted molar refractivity (Wildman–Crippen MR) is 165 cm³/mol. The van der Waals surface area contributed by atoms with Gasteiger partial charge in [-0.3, -0.25) is 19.7 Å². The molecule has 232 valence electrons. The lowest BCUT2D eigenvalue weighted by Crippen LogP contribution is -2.13. The van der Waals surface area contributed by atoms with Crippen molar-refractivity contribution in [3.8, 4) is 11.5 Å². The number of aromatic nitrogens is 4. The molecule has 44 heavy (non-hydrogen) atoms. The average molecular weight is 626 g/mol. The Labute approximate surface area is 256 Å². The Balaban J connectivity index is 1.61. The fraction of sp³-hybridized carbons (Fsp3) is 0.286. The maximum atomic E-state index is 12.2. The molecule has 0 bridgehead atoms. The number of halogens is 1. The van der Waals surface area contributed by atoms with Gasteiger partial charge in [0.05, 0.1) is 29.3 Å². The molecule has 4 aromatic rings. The maximum Gasteiger partial charge on any atom is 0.292 e. The Morgan fingerprint density at radius 3 is 2.36 bits per heavy atom. The van der Waals surface area contributed by atoms with Gasteiger partial charge in [0.1, 0.15) is 22.8 Å². The van der Waals surface area contributed by atoms with Crippen LogP contribution in [0, 0.1) is 17.0 Å². The zero-order chi connectivity index (χ0) is 32.0. The van der Waals surface area contributed by atoms with Crippen LogP contribution in [0.1, 0.15) is 39.8 Å². The number of aryl methyl sites for hydroxylation is 2. The normalized spacial score (nSPS) is 11.3. The van der Waals surface area contributed by atoms with Crippen LogP contribution >= 0.6 is 11.6 Å². The molecule has 0 radical (unpaired) electrons. The third kappa shape index (κ3) is 7.07. The molecule has 2 heterocycles. The molecule has 7 N–H and O–H groups in total. The standard InChI is InChI=1S/C28H32ClN9O6/c1-3-37-23(11-16(2)35-37)34-28-33-19-12-17(26(31)39)15-22(25(19)36(28)8-5-4-7-30)44-10-6-9-43-21-14-18(27(32)40)13-20(24(21)29)38(41)42/h4-5,11-15H,3,6-10,30H2,1-2H3,(H2,31,39)(H2,32,40)(H,33,34)/b5-4+. The van der Waals surface area contributed by atoms with Gasteiger partial charge in [-0.25, -0.2) is 9.67 Å². The third-order valence-corrected chi connectivity index (χ3v) is 6.81. The number of nitrogens with zero attached hydrogens (tertiary/aromatic N) is 5. The first-order valence-corrected chi connectivity index (χ1v) is 14.0. The first-order valence-electron chi connectivity index (χ1n) is 13.6. The lowest BCUT2D eigenvalue weighted by Gasteiger charge is -2.14. The number of hydrogen-bond donors (Lipinski definition) is 4. The van der Waals surface area contributed by atoms with E-state index in [1.807, 2.05) is 36.6 Å². The van der Waals surface area contributed by atoms with E-state index in [0.717, 1.165) is 17.6 Å². The minimum absolute atomic E-state index is 0.0312. The number of hydrogen-bond acceptors (Lipinski definition) is 10. The van der Waals surface area contributed by atoms with Gasteiger partial charge in [-0.1, -0.05) is 23.8 Å². The number of carbonyl (C=O) groups is 2. The highest BCUT2D eigenvalue weighted by Crippen LogP contribution is 2.36. The van der Waals surface area contributed by atoms with Crippen molar-refractivity contribution in [3.05, 3.63) is 74.4 Å². The summed E-state index contributed by atoms with van der Waals surface area (Å²) >= 11 is 6.12. The van der Waals surface area contributed by atoms with E-state index in [2.05, 4.69) is 10.4 Å². The molecular formula is C28H32ClN9O6. The van der Waals surface area contributed by atoms with Crippen LogP contribution in [0.4, 0.5) is 17.5 Å². The van der Waals surface area contributed by atoms with Crippen LogP contribution in [0.2, 0.25) is 5.02 Å². The number of carbonyl (C=O) groups excluding carboxylic acids is 2. The van der Waals surface area contributed by atoms with Crippen LogP contribution < -0.4 is 32.0 Å². The van der Waals surface area contributed by atoms with Crippen LogP contribution in [0.3, 0.4) is 0 Å². The number of nitrogens with two attached hydrogens (primary N) is 3. The van der Waals surface area contributed by atoms with E-state index in [0.29, 0.717) is 48.8 Å². The molecule has 2 aromatic heterocycles. The molecule has 0 saturated carbocycles. The summed E-state index contributed by atoms with van der Waals surface area (Å²) in [6.45, 7) is 5.38. The fourth-order valence-electron chi connectivity index (χ4n) is 4.42. The van der Waals surface area contributed by atoms with Crippen LogP contribution in [-0.4, -0.2) is 55.8 Å². The number of amides is 2. The van der Waals surface area contributed by atoms with Crippen LogP contribution in [0.15, 0.2) is 42.5 Å². The summed E-state index contributed by atoms with van der Waals surface area (Å²) in [7, 11) is 0. The molecule has 0 aliphatic heterocycles. The molecular weight excluding hydrogens is 594 g/mol. The predicted octanol–water partition coefficient (Wildman–Crippen LogP) is 3.43. The highest BCUT2D eigenvalue weighted by Gasteiger charge is 2.22. The summed E-state index contributed by atoms with van der Waals surface area (Å²) in [6.07, 6.45) is 4.00. The summed E-state index contributed by atoms with van der Waals surface area (Å²) in [5, 5.41) is 18.9. The summed E-state index contributed by atoms with van der Waals surface area (Å²) in [6, 6.07) is 7.26. The number of benzene rings is 2. The molecule has 0 unspecified atom stereocenters. The second-order valence-electron chi connectivity index (χ2n) is 9.55. The monoisotopic (exact) mass is 625 g/mol. The molecule has 0 spiro atoms. The number of nitrogens with one attached hydrogen (secondary N) is 1. The first kappa shape index (κ1) is 31.8. The third-order valence-electron chi connectivity index (χ3n) is 6.43. The maximum absolute atomic E-state index is 12.2. The highest BCUT2D eigenvalue weighted by molar-refractivity contribution is 6.34. The minimum atomic E-state index is -0.864. The molecule has 0 fully saturated rings. The first-order chi connectivity index (χ1) is 21.0. The zero-order valence-electron chi connectivity index (χ0n) is 24.1. The van der Waals surface area contributed by atoms with Crippen molar-refractivity contribution in [1.29, 1.82) is 0 Å². The van der Waals surface area contributed by atoms with E-state index in [-0.39, 0.29) is 35.1 Å². The van der Waals surface area contributed by atoms with Crippen molar-refractivity contribution in [2.75, 3.05) is 25.1 Å². The smallest absolute Gasteiger partial charge is 0.292 e. The highest BCUT2D eigenvalue weighted by atomic mass is 35.5. The van der Waals surface area contributed by atoms with Crippen molar-refractivity contribution in [2.24, 2.45) is 17.2 Å². The molecule has 0 atom stereocenters. The van der Waals surface area contributed by atoms with Gasteiger partial charge >= 0.3 is 0 Å². The minimum Gasteiger partial charge on any atom is -0.492 e. The number of nitro benzene ring substituents is 1. The Morgan fingerprint density at radius 2 is 1.73 bits per heavy atom. The number of imidazole rings is 1. The van der Waals surface area contributed by atoms with Crippen molar-refractivity contribution in [3.63, 3.8) is 0 Å². The van der Waals surface area contributed by atoms with Crippen LogP contribution in [-0.2, 0) is 13.1 Å². The largest absolute Gasteiger partial charge is 0.492 e. The summed E-state index contributed by atoms with van der Waals surface area (Å²) in [5.74, 6) is -0.0118. The quantitative estimate of drug-likeness (QED) is 0.0652. The lowest BCUT2D eigenvalue weighted by molar-refractivity contribution is -0.384. The van der Waals surface area contributed by atoms with Crippen molar-refractivity contribution < 1.29 is 24.0 Å². The topological polar surface area (TPSA) is 221 Å². The number of allylic oxidation sites excluding steroid dienone is 1. The molecule has 0 aliphatic rings. The molecule has 15 nitrogen and oxygen atoms in total. The number of primary amides is 2. The van der Waals surface area contributed by atoms with E-state index in [1.165, 1.54) is 12.1 Å². The Morgan fingerprint density at radius 1 is 1.07 bits per heavy atom. The Kier molecular flexibility index (Phi) is 10.0. The van der Waals surface area contributed by atoms with Gasteiger partial charge < -0.3 is 36.6 Å². The average Bonchev–Trinajstić information content (AvgIpc) is 3.51. The second-order valence-corrected chi connectivity index (χ2v) is 9.93. The Bertz CT molecular complexity index is 1750. The van der Waals surface area contributed by atoms with Gasteiger partial charge in [0, 0.05) is 49.3 Å². The van der Waals surface area contributed by atoms with E-state index in [9.17, 15) is 19.7 Å². The van der Waals surface area contributed by atoms with Gasteiger partial charge in [0.25, 0.3) is 5.69 Å². The molecule has 4 rings (SSSR count). The van der Waals surface area contributed by atoms with Gasteiger partial charge in [0.15, 0.2) is 5.02 Å².